The monoisotopic (exact) mass is 288 g/mol. The summed E-state index contributed by atoms with van der Waals surface area (Å²) in [5.74, 6) is -0.0571. The Labute approximate surface area is 112 Å². The van der Waals surface area contributed by atoms with Gasteiger partial charge in [0.2, 0.25) is 10.0 Å². The topological polar surface area (TPSA) is 81.4 Å². The Morgan fingerprint density at radius 2 is 2.22 bits per heavy atom. The van der Waals surface area contributed by atoms with Gasteiger partial charge < -0.3 is 10.5 Å². The fourth-order valence-electron chi connectivity index (χ4n) is 1.29. The maximum Gasteiger partial charge on any atom is 0.214 e. The smallest absolute Gasteiger partial charge is 0.214 e. The first kappa shape index (κ1) is 15.0. The Balaban J connectivity index is 2.63. The van der Waals surface area contributed by atoms with Gasteiger partial charge in [0.25, 0.3) is 0 Å². The van der Waals surface area contributed by atoms with Gasteiger partial charge in [0.1, 0.15) is 4.99 Å². The van der Waals surface area contributed by atoms with Crippen molar-refractivity contribution in [1.29, 1.82) is 0 Å². The zero-order chi connectivity index (χ0) is 13.6. The fourth-order valence-corrected chi connectivity index (χ4v) is 2.34. The van der Waals surface area contributed by atoms with Crippen molar-refractivity contribution in [2.24, 2.45) is 5.73 Å². The molecule has 7 heteroatoms. The molecule has 0 amide bonds. The molecule has 0 aliphatic rings. The van der Waals surface area contributed by atoms with Crippen molar-refractivity contribution < 1.29 is 13.2 Å². The van der Waals surface area contributed by atoms with Gasteiger partial charge in [0.15, 0.2) is 0 Å². The molecule has 0 fully saturated rings. The number of ether oxygens (including phenoxy) is 1. The molecule has 0 aliphatic heterocycles. The highest BCUT2D eigenvalue weighted by molar-refractivity contribution is 7.89. The molecule has 0 radical (unpaired) electrons. The maximum absolute atomic E-state index is 11.5. The third kappa shape index (κ3) is 5.09. The van der Waals surface area contributed by atoms with Gasteiger partial charge in [-0.1, -0.05) is 30.4 Å². The summed E-state index contributed by atoms with van der Waals surface area (Å²) in [6, 6.07) is 7.14. The lowest BCUT2D eigenvalue weighted by atomic mass is 10.1. The number of nitrogens with two attached hydrogens (primary N) is 1. The van der Waals surface area contributed by atoms with E-state index in [0.29, 0.717) is 4.99 Å². The first-order chi connectivity index (χ1) is 8.44. The van der Waals surface area contributed by atoms with Crippen LogP contribution in [0.3, 0.4) is 0 Å². The van der Waals surface area contributed by atoms with Crippen molar-refractivity contribution in [1.82, 2.24) is 4.72 Å². The third-order valence-corrected chi connectivity index (χ3v) is 3.79. The van der Waals surface area contributed by atoms with Gasteiger partial charge >= 0.3 is 0 Å². The number of thiocarbonyl (C=S) groups is 1. The lowest BCUT2D eigenvalue weighted by Gasteiger charge is -2.07. The predicted octanol–water partition coefficient (Wildman–Crippen LogP) is 0.387. The summed E-state index contributed by atoms with van der Waals surface area (Å²) < 4.78 is 30.3. The molecule has 1 rings (SSSR count). The Morgan fingerprint density at radius 3 is 2.83 bits per heavy atom. The van der Waals surface area contributed by atoms with E-state index in [1.807, 2.05) is 0 Å². The highest BCUT2D eigenvalue weighted by Crippen LogP contribution is 2.05. The van der Waals surface area contributed by atoms with E-state index < -0.39 is 10.0 Å². The fraction of sp³-hybridized carbons (Fsp3) is 0.364. The number of hydrogen-bond acceptors (Lipinski definition) is 4. The molecular weight excluding hydrogens is 272 g/mol. The second-order valence-electron chi connectivity index (χ2n) is 3.70. The van der Waals surface area contributed by atoms with Crippen LogP contribution < -0.4 is 10.5 Å². The molecule has 0 atom stereocenters. The summed E-state index contributed by atoms with van der Waals surface area (Å²) in [5.41, 5.74) is 7.03. The van der Waals surface area contributed by atoms with Crippen LogP contribution in [-0.2, 0) is 21.3 Å². The number of nitrogens with one attached hydrogen (secondary N) is 1. The van der Waals surface area contributed by atoms with Crippen LogP contribution in [0.5, 0.6) is 0 Å². The molecule has 0 saturated heterocycles. The maximum atomic E-state index is 11.5. The first-order valence-electron chi connectivity index (χ1n) is 5.29. The zero-order valence-electron chi connectivity index (χ0n) is 10.0. The van der Waals surface area contributed by atoms with Crippen LogP contribution >= 0.6 is 12.2 Å². The van der Waals surface area contributed by atoms with Crippen molar-refractivity contribution in [2.75, 3.05) is 19.5 Å². The summed E-state index contributed by atoms with van der Waals surface area (Å²) in [4.78, 5) is 0.291. The second kappa shape index (κ2) is 6.79. The van der Waals surface area contributed by atoms with Crippen molar-refractivity contribution in [3.05, 3.63) is 35.4 Å². The minimum absolute atomic E-state index is 0.0571. The number of rotatable bonds is 7. The van der Waals surface area contributed by atoms with Crippen LogP contribution in [0.25, 0.3) is 0 Å². The highest BCUT2D eigenvalue weighted by atomic mass is 32.2. The Hall–Kier alpha value is -1.02. The van der Waals surface area contributed by atoms with Gasteiger partial charge in [-0.3, -0.25) is 0 Å². The molecule has 100 valence electrons. The van der Waals surface area contributed by atoms with E-state index in [0.717, 1.165) is 11.1 Å². The predicted molar refractivity (Wildman–Crippen MR) is 74.8 cm³/mol. The molecule has 0 unspecified atom stereocenters. The molecule has 3 N–H and O–H groups in total. The van der Waals surface area contributed by atoms with Crippen LogP contribution in [-0.4, -0.2) is 32.9 Å². The summed E-state index contributed by atoms with van der Waals surface area (Å²) in [6.07, 6.45) is 0. The molecule has 1 aromatic carbocycles. The lowest BCUT2D eigenvalue weighted by Crippen LogP contribution is -2.27. The minimum Gasteiger partial charge on any atom is -0.389 e. The molecule has 0 spiro atoms. The van der Waals surface area contributed by atoms with Crippen LogP contribution in [0.1, 0.15) is 11.1 Å². The Morgan fingerprint density at radius 1 is 1.50 bits per heavy atom. The normalized spacial score (nSPS) is 11.4. The van der Waals surface area contributed by atoms with Gasteiger partial charge in [-0.25, -0.2) is 13.1 Å². The Kier molecular flexibility index (Phi) is 5.67. The SMILES string of the molecule is COCCS(=O)(=O)NCc1cccc(C(N)=S)c1. The molecular formula is C11H16N2O3S2. The quantitative estimate of drug-likeness (QED) is 0.709. The van der Waals surface area contributed by atoms with E-state index in [1.165, 1.54) is 7.11 Å². The molecule has 18 heavy (non-hydrogen) atoms. The zero-order valence-corrected chi connectivity index (χ0v) is 11.7. The average molecular weight is 288 g/mol. The number of hydrogen-bond donors (Lipinski definition) is 2. The molecule has 1 aromatic rings. The van der Waals surface area contributed by atoms with E-state index in [9.17, 15) is 8.42 Å². The van der Waals surface area contributed by atoms with Crippen LogP contribution in [0.2, 0.25) is 0 Å². The van der Waals surface area contributed by atoms with Gasteiger partial charge in [-0.05, 0) is 11.6 Å². The lowest BCUT2D eigenvalue weighted by molar-refractivity contribution is 0.217. The van der Waals surface area contributed by atoms with E-state index in [4.69, 9.17) is 22.7 Å². The number of methoxy groups -OCH3 is 1. The summed E-state index contributed by atoms with van der Waals surface area (Å²) >= 11 is 4.86. The molecule has 5 nitrogen and oxygen atoms in total. The van der Waals surface area contributed by atoms with Crippen molar-refractivity contribution >= 4 is 27.2 Å². The van der Waals surface area contributed by atoms with Crippen molar-refractivity contribution in [3.8, 4) is 0 Å². The van der Waals surface area contributed by atoms with E-state index >= 15 is 0 Å². The van der Waals surface area contributed by atoms with Crippen LogP contribution in [0, 0.1) is 0 Å². The van der Waals surface area contributed by atoms with Gasteiger partial charge in [0, 0.05) is 19.2 Å². The van der Waals surface area contributed by atoms with Crippen LogP contribution in [0.15, 0.2) is 24.3 Å². The molecule has 0 aromatic heterocycles. The molecule has 0 saturated carbocycles. The van der Waals surface area contributed by atoms with Crippen molar-refractivity contribution in [2.45, 2.75) is 6.54 Å². The molecule has 0 bridgehead atoms. The molecule has 0 aliphatic carbocycles. The average Bonchev–Trinajstić information content (AvgIpc) is 2.34. The standard InChI is InChI=1S/C11H16N2O3S2/c1-16-5-6-18(14,15)13-8-9-3-2-4-10(7-9)11(12)17/h2-4,7,13H,5-6,8H2,1H3,(H2,12,17). The van der Waals surface area contributed by atoms with E-state index in [2.05, 4.69) is 4.72 Å². The summed E-state index contributed by atoms with van der Waals surface area (Å²) in [5, 5.41) is 0. The molecule has 0 heterocycles. The highest BCUT2D eigenvalue weighted by Gasteiger charge is 2.09. The first-order valence-corrected chi connectivity index (χ1v) is 7.35. The minimum atomic E-state index is -3.31. The van der Waals surface area contributed by atoms with Crippen LogP contribution in [0.4, 0.5) is 0 Å². The largest absolute Gasteiger partial charge is 0.389 e. The number of sulfonamides is 1. The van der Waals surface area contributed by atoms with Crippen molar-refractivity contribution in [3.63, 3.8) is 0 Å². The van der Waals surface area contributed by atoms with Gasteiger partial charge in [0.05, 0.1) is 12.4 Å². The third-order valence-electron chi connectivity index (χ3n) is 2.26. The Bertz CT molecular complexity index is 515. The van der Waals surface area contributed by atoms with E-state index in [-0.39, 0.29) is 18.9 Å². The number of benzene rings is 1. The summed E-state index contributed by atoms with van der Waals surface area (Å²) in [7, 11) is -1.85. The second-order valence-corrected chi connectivity index (χ2v) is 6.06. The van der Waals surface area contributed by atoms with Gasteiger partial charge in [-0.2, -0.15) is 0 Å². The summed E-state index contributed by atoms with van der Waals surface area (Å²) in [6.45, 7) is 0.380. The van der Waals surface area contributed by atoms with E-state index in [1.54, 1.807) is 24.3 Å². The van der Waals surface area contributed by atoms with Gasteiger partial charge in [-0.15, -0.1) is 0 Å².